The van der Waals surface area contributed by atoms with Gasteiger partial charge in [0, 0.05) is 19.3 Å². The minimum atomic E-state index is -4.92. The molecule has 0 spiro atoms. The maximum atomic E-state index is 12.9. The number of carbonyl (C=O) groups is 3. The summed E-state index contributed by atoms with van der Waals surface area (Å²) < 4.78 is 60.8. The Morgan fingerprint density at radius 1 is 0.319 bits per heavy atom. The van der Waals surface area contributed by atoms with Crippen LogP contribution in [0, 0.1) is 0 Å². The molecule has 18 heteroatoms. The van der Waals surface area contributed by atoms with Gasteiger partial charge in [-0.15, -0.1) is 0 Å². The maximum absolute atomic E-state index is 12.9. The van der Waals surface area contributed by atoms with Gasteiger partial charge in [-0.2, -0.15) is 0 Å². The number of aliphatic hydroxyl groups excluding tert-OH is 2. The van der Waals surface area contributed by atoms with E-state index in [0.717, 1.165) is 135 Å². The molecule has 4 N–H and O–H groups in total. The topological polar surface area (TPSA) is 231 Å². The van der Waals surface area contributed by atoms with Crippen molar-refractivity contribution in [2.24, 2.45) is 0 Å². The van der Waals surface area contributed by atoms with Gasteiger partial charge in [0.1, 0.15) is 25.4 Å². The van der Waals surface area contributed by atoms with E-state index < -0.39 is 91.5 Å². The number of rotatable bonds is 68. The number of phosphoric ester groups is 2. The molecule has 16 nitrogen and oxygen atoms in total. The molecule has 0 aliphatic rings. The van der Waals surface area contributed by atoms with E-state index in [-0.39, 0.29) is 19.3 Å². The summed E-state index contributed by atoms with van der Waals surface area (Å²) in [5.74, 6) is -1.58. The van der Waals surface area contributed by atoms with E-state index in [0.29, 0.717) is 19.3 Å². The number of hydrogen-bond acceptors (Lipinski definition) is 14. The third-order valence-corrected chi connectivity index (χ3v) is 17.0. The van der Waals surface area contributed by atoms with Crippen LogP contribution >= 0.6 is 15.6 Å². The molecule has 91 heavy (non-hydrogen) atoms. The first-order valence-corrected chi connectivity index (χ1v) is 38.9. The number of unbranched alkanes of at least 4 members (excludes halogenated alkanes) is 31. The van der Waals surface area contributed by atoms with E-state index in [9.17, 15) is 43.5 Å². The Kier molecular flexibility index (Phi) is 64.3. The van der Waals surface area contributed by atoms with Gasteiger partial charge in [0.2, 0.25) is 0 Å². The molecule has 0 aromatic heterocycles. The first kappa shape index (κ1) is 87.7. The lowest BCUT2D eigenvalue weighted by molar-refractivity contribution is -0.161. The fourth-order valence-electron chi connectivity index (χ4n) is 9.63. The summed E-state index contributed by atoms with van der Waals surface area (Å²) in [6.07, 6.45) is 72.2. The molecule has 0 saturated heterocycles. The smallest absolute Gasteiger partial charge is 0.463 e. The number of carbonyl (C=O) groups excluding carboxylic acids is 3. The highest BCUT2D eigenvalue weighted by atomic mass is 31.2. The van der Waals surface area contributed by atoms with Crippen molar-refractivity contribution in [1.82, 2.24) is 0 Å². The third kappa shape index (κ3) is 67.9. The zero-order valence-corrected chi connectivity index (χ0v) is 59.0. The summed E-state index contributed by atoms with van der Waals surface area (Å²) in [6.45, 7) is 2.55. The van der Waals surface area contributed by atoms with Crippen LogP contribution in [0.5, 0.6) is 0 Å². The highest BCUT2D eigenvalue weighted by Gasteiger charge is 2.29. The van der Waals surface area contributed by atoms with Gasteiger partial charge in [-0.05, 0) is 96.3 Å². The van der Waals surface area contributed by atoms with Gasteiger partial charge in [-0.25, -0.2) is 9.13 Å². The Morgan fingerprint density at radius 3 is 0.934 bits per heavy atom. The number of allylic oxidation sites excluding steroid dienone is 14. The molecule has 0 aromatic rings. The van der Waals surface area contributed by atoms with Crippen molar-refractivity contribution >= 4 is 33.6 Å². The van der Waals surface area contributed by atoms with Crippen LogP contribution < -0.4 is 0 Å². The Balaban J connectivity index is 4.42. The molecule has 0 saturated carbocycles. The average molecular weight is 1330 g/mol. The lowest BCUT2D eigenvalue weighted by Crippen LogP contribution is -2.30. The van der Waals surface area contributed by atoms with Crippen molar-refractivity contribution in [1.29, 1.82) is 0 Å². The Morgan fingerprint density at radius 2 is 0.582 bits per heavy atom. The van der Waals surface area contributed by atoms with Gasteiger partial charge in [0.05, 0.1) is 26.4 Å². The van der Waals surface area contributed by atoms with Crippen LogP contribution in [0.2, 0.25) is 0 Å². The fraction of sp³-hybridized carbons (Fsp3) is 0.767. The molecule has 0 aromatic carbocycles. The molecule has 0 rings (SSSR count). The van der Waals surface area contributed by atoms with Crippen LogP contribution in [0.3, 0.4) is 0 Å². The molecule has 0 amide bonds. The summed E-state index contributed by atoms with van der Waals surface area (Å²) in [6, 6.07) is 0. The molecule has 0 aliphatic carbocycles. The number of phosphoric acid groups is 2. The molecule has 0 bridgehead atoms. The van der Waals surface area contributed by atoms with Crippen molar-refractivity contribution < 1.29 is 75.8 Å². The summed E-state index contributed by atoms with van der Waals surface area (Å²) in [5.41, 5.74) is 0. The second kappa shape index (κ2) is 66.7. The van der Waals surface area contributed by atoms with Crippen LogP contribution in [0.25, 0.3) is 0 Å². The van der Waals surface area contributed by atoms with Gasteiger partial charge in [-0.3, -0.25) is 32.5 Å². The van der Waals surface area contributed by atoms with Gasteiger partial charge < -0.3 is 34.2 Å². The minimum absolute atomic E-state index is 0.108. The zero-order chi connectivity index (χ0) is 66.7. The van der Waals surface area contributed by atoms with E-state index in [1.54, 1.807) is 0 Å². The van der Waals surface area contributed by atoms with E-state index in [4.69, 9.17) is 32.3 Å². The second-order valence-corrected chi connectivity index (χ2v) is 26.9. The molecule has 528 valence electrons. The average Bonchev–Trinajstić information content (AvgIpc) is 3.72. The van der Waals surface area contributed by atoms with Crippen molar-refractivity contribution in [3.05, 3.63) is 85.1 Å². The highest BCUT2D eigenvalue weighted by molar-refractivity contribution is 7.47. The summed E-state index contributed by atoms with van der Waals surface area (Å²) in [5, 5.41) is 20.6. The molecule has 0 fully saturated rings. The first-order valence-electron chi connectivity index (χ1n) is 35.9. The monoisotopic (exact) mass is 1320 g/mol. The lowest BCUT2D eigenvalue weighted by Gasteiger charge is -2.21. The number of esters is 3. The Hall–Kier alpha value is -3.27. The predicted molar refractivity (Wildman–Crippen MR) is 371 cm³/mol. The van der Waals surface area contributed by atoms with Crippen molar-refractivity contribution in [3.63, 3.8) is 0 Å². The standard InChI is InChI=1S/C73H130O16P2/c1-4-7-10-13-16-19-22-24-26-27-28-29-30-31-32-33-34-35-36-37-38-39-41-43-45-47-50-53-56-59-71(76)83-62-68(74)63-85-90(79,80)86-64-69(75)65-87-91(81,82)88-67-70(89-73(78)61-58-55-52-49-44-21-18-15-12-9-6-3)66-84-72(77)60-57-54-51-48-46-42-40-25-23-20-17-14-11-8-5-2/h7,10,16,19,24-26,28-29,31-32,34-35,40,68-70,74-75H,4-6,8-9,11-15,17-18,20-23,27,30,33,36-39,41-67H2,1-3H3,(H,79,80)(H,81,82)/b10-7-,19-16-,26-24-,29-28-,32-31-,35-34-,40-25-. The van der Waals surface area contributed by atoms with Crippen LogP contribution in [0.1, 0.15) is 303 Å². The van der Waals surface area contributed by atoms with Gasteiger partial charge >= 0.3 is 33.6 Å². The minimum Gasteiger partial charge on any atom is -0.463 e. The number of ether oxygens (including phenoxy) is 3. The van der Waals surface area contributed by atoms with Crippen molar-refractivity contribution in [2.75, 3.05) is 39.6 Å². The zero-order valence-electron chi connectivity index (χ0n) is 57.3. The molecule has 5 unspecified atom stereocenters. The fourth-order valence-corrected chi connectivity index (χ4v) is 11.2. The van der Waals surface area contributed by atoms with E-state index >= 15 is 0 Å². The predicted octanol–water partition coefficient (Wildman–Crippen LogP) is 20.1. The highest BCUT2D eigenvalue weighted by Crippen LogP contribution is 2.45. The quantitative estimate of drug-likeness (QED) is 0.0146. The van der Waals surface area contributed by atoms with Crippen LogP contribution in [-0.2, 0) is 55.8 Å². The first-order chi connectivity index (χ1) is 44.2. The molecule has 5 atom stereocenters. The van der Waals surface area contributed by atoms with Gasteiger partial charge in [0.15, 0.2) is 6.10 Å². The molecule has 0 aliphatic heterocycles. The molecular weight excluding hydrogens is 1190 g/mol. The third-order valence-electron chi connectivity index (χ3n) is 15.1. The number of hydrogen-bond donors (Lipinski definition) is 4. The second-order valence-electron chi connectivity index (χ2n) is 24.0. The maximum Gasteiger partial charge on any atom is 0.472 e. The SMILES string of the molecule is CC/C=C\C/C=C\C/C=C\C/C=C\C/C=C\C/C=C\CCCCCCCCCCCCC(=O)OCC(O)COP(=O)(O)OCC(O)COP(=O)(O)OCC(COC(=O)CCCCCCC/C=C\CCCCCCCC)OC(=O)CCCCCCCCCCCCC. The van der Waals surface area contributed by atoms with E-state index in [1.165, 1.54) is 109 Å². The van der Waals surface area contributed by atoms with Crippen molar-refractivity contribution in [2.45, 2.75) is 322 Å². The Bertz CT molecular complexity index is 2000. The molecule has 0 heterocycles. The van der Waals surface area contributed by atoms with Crippen LogP contribution in [0.4, 0.5) is 0 Å². The largest absolute Gasteiger partial charge is 0.472 e. The van der Waals surface area contributed by atoms with Crippen LogP contribution in [0.15, 0.2) is 85.1 Å². The van der Waals surface area contributed by atoms with Gasteiger partial charge in [-0.1, -0.05) is 273 Å². The summed E-state index contributed by atoms with van der Waals surface area (Å²) in [7, 11) is -9.76. The van der Waals surface area contributed by atoms with Crippen molar-refractivity contribution in [3.8, 4) is 0 Å². The summed E-state index contributed by atoms with van der Waals surface area (Å²) in [4.78, 5) is 58.3. The van der Waals surface area contributed by atoms with Gasteiger partial charge in [0.25, 0.3) is 0 Å². The molecule has 0 radical (unpaired) electrons. The van der Waals surface area contributed by atoms with E-state index in [1.807, 2.05) is 0 Å². The van der Waals surface area contributed by atoms with E-state index in [2.05, 4.69) is 106 Å². The van der Waals surface area contributed by atoms with Crippen LogP contribution in [-0.4, -0.2) is 95.9 Å². The normalized spacial score (nSPS) is 14.7. The lowest BCUT2D eigenvalue weighted by atomic mass is 10.1. The Labute approximate surface area is 553 Å². The molecular formula is C73H130O16P2. The number of aliphatic hydroxyl groups is 2. The summed E-state index contributed by atoms with van der Waals surface area (Å²) >= 11 is 0.